The molecule has 0 spiro atoms. The Morgan fingerprint density at radius 2 is 2.47 bits per heavy atom. The van der Waals surface area contributed by atoms with Crippen molar-refractivity contribution in [2.45, 2.75) is 31.8 Å². The fraction of sp³-hybridized carbons (Fsp3) is 0.538. The first-order valence-electron chi connectivity index (χ1n) is 6.45. The molecule has 1 atom stereocenters. The normalized spacial score (nSPS) is 24.0. The van der Waals surface area contributed by atoms with Crippen molar-refractivity contribution in [1.29, 1.82) is 0 Å². The number of imidazole rings is 1. The zero-order valence-corrected chi connectivity index (χ0v) is 11.7. The highest BCUT2D eigenvalue weighted by Crippen LogP contribution is 2.21. The van der Waals surface area contributed by atoms with Gasteiger partial charge in [-0.1, -0.05) is 0 Å². The summed E-state index contributed by atoms with van der Waals surface area (Å²) in [7, 11) is 0. The molecule has 0 bridgehead atoms. The number of piperidine rings is 1. The number of nitrogens with zero attached hydrogens (tertiary/aromatic N) is 3. The molecule has 1 aliphatic rings. The molecule has 1 aliphatic heterocycles. The Kier molecular flexibility index (Phi) is 3.06. The topological polar surface area (TPSA) is 57.8 Å². The monoisotopic (exact) mass is 279 g/mol. The summed E-state index contributed by atoms with van der Waals surface area (Å²) in [4.78, 5) is 19.3. The fourth-order valence-electron chi connectivity index (χ4n) is 2.56. The highest BCUT2D eigenvalue weighted by atomic mass is 32.1. The standard InChI is InChI=1S/C13H17N3O2S/c1-13(18)3-2-4-16(9-13)11(17)7-10-8-15-5-6-19-12(15)14-10/h5-6,8,18H,2-4,7,9H2,1H3. The summed E-state index contributed by atoms with van der Waals surface area (Å²) in [5, 5.41) is 12.0. The number of hydrogen-bond acceptors (Lipinski definition) is 4. The molecule has 6 heteroatoms. The van der Waals surface area contributed by atoms with Gasteiger partial charge in [-0.15, -0.1) is 11.3 Å². The molecular weight excluding hydrogens is 262 g/mol. The van der Waals surface area contributed by atoms with Crippen LogP contribution < -0.4 is 0 Å². The summed E-state index contributed by atoms with van der Waals surface area (Å²) < 4.78 is 1.93. The van der Waals surface area contributed by atoms with E-state index in [0.717, 1.165) is 30.0 Å². The quantitative estimate of drug-likeness (QED) is 0.902. The van der Waals surface area contributed by atoms with E-state index in [4.69, 9.17) is 0 Å². The van der Waals surface area contributed by atoms with Gasteiger partial charge in [-0.2, -0.15) is 0 Å². The summed E-state index contributed by atoms with van der Waals surface area (Å²) in [6, 6.07) is 0. The molecule has 102 valence electrons. The van der Waals surface area contributed by atoms with Crippen LogP contribution in [0.25, 0.3) is 4.96 Å². The second-order valence-electron chi connectivity index (χ2n) is 5.42. The molecule has 0 radical (unpaired) electrons. The van der Waals surface area contributed by atoms with Crippen LogP contribution in [-0.2, 0) is 11.2 Å². The molecule has 5 nitrogen and oxygen atoms in total. The van der Waals surface area contributed by atoms with Crippen molar-refractivity contribution in [2.24, 2.45) is 0 Å². The maximum atomic E-state index is 12.2. The van der Waals surface area contributed by atoms with E-state index in [0.29, 0.717) is 13.0 Å². The average molecular weight is 279 g/mol. The number of fused-ring (bicyclic) bond motifs is 1. The van der Waals surface area contributed by atoms with Gasteiger partial charge in [0.25, 0.3) is 0 Å². The number of carbonyl (C=O) groups is 1. The molecule has 0 saturated carbocycles. The molecular formula is C13H17N3O2S. The van der Waals surface area contributed by atoms with E-state index in [2.05, 4.69) is 4.98 Å². The van der Waals surface area contributed by atoms with E-state index >= 15 is 0 Å². The van der Waals surface area contributed by atoms with Crippen molar-refractivity contribution in [3.8, 4) is 0 Å². The Bertz CT molecular complexity index is 573. The van der Waals surface area contributed by atoms with Crippen LogP contribution in [0.5, 0.6) is 0 Å². The van der Waals surface area contributed by atoms with Gasteiger partial charge in [0.1, 0.15) is 0 Å². The third kappa shape index (κ3) is 2.64. The Morgan fingerprint density at radius 3 is 3.21 bits per heavy atom. The van der Waals surface area contributed by atoms with Crippen molar-refractivity contribution in [2.75, 3.05) is 13.1 Å². The molecule has 0 aromatic carbocycles. The SMILES string of the molecule is CC1(O)CCCN(C(=O)Cc2cn3ccsc3n2)C1. The summed E-state index contributed by atoms with van der Waals surface area (Å²) in [5.41, 5.74) is 0.0460. The van der Waals surface area contributed by atoms with Gasteiger partial charge in [0, 0.05) is 30.9 Å². The number of likely N-dealkylation sites (tertiary alicyclic amines) is 1. The van der Waals surface area contributed by atoms with Gasteiger partial charge in [0.2, 0.25) is 5.91 Å². The van der Waals surface area contributed by atoms with Crippen molar-refractivity contribution < 1.29 is 9.90 Å². The van der Waals surface area contributed by atoms with Crippen LogP contribution in [0.1, 0.15) is 25.5 Å². The Morgan fingerprint density at radius 1 is 1.63 bits per heavy atom. The van der Waals surface area contributed by atoms with Crippen molar-refractivity contribution in [3.63, 3.8) is 0 Å². The van der Waals surface area contributed by atoms with Gasteiger partial charge in [0.15, 0.2) is 4.96 Å². The number of amides is 1. The van der Waals surface area contributed by atoms with E-state index in [9.17, 15) is 9.90 Å². The predicted molar refractivity (Wildman–Crippen MR) is 73.2 cm³/mol. The molecule has 1 fully saturated rings. The Hall–Kier alpha value is -1.40. The van der Waals surface area contributed by atoms with E-state index in [-0.39, 0.29) is 5.91 Å². The lowest BCUT2D eigenvalue weighted by atomic mass is 9.95. The maximum Gasteiger partial charge on any atom is 0.228 e. The molecule has 0 aliphatic carbocycles. The van der Waals surface area contributed by atoms with E-state index in [1.54, 1.807) is 23.2 Å². The van der Waals surface area contributed by atoms with Crippen molar-refractivity contribution in [1.82, 2.24) is 14.3 Å². The van der Waals surface area contributed by atoms with Crippen molar-refractivity contribution >= 4 is 22.2 Å². The fourth-order valence-corrected chi connectivity index (χ4v) is 3.28. The first-order chi connectivity index (χ1) is 9.03. The molecule has 2 aromatic heterocycles. The summed E-state index contributed by atoms with van der Waals surface area (Å²) in [6.45, 7) is 2.95. The van der Waals surface area contributed by atoms with Crippen LogP contribution in [0.2, 0.25) is 0 Å². The Balaban J connectivity index is 1.69. The van der Waals surface area contributed by atoms with Gasteiger partial charge in [0.05, 0.1) is 17.7 Å². The lowest BCUT2D eigenvalue weighted by Gasteiger charge is -2.36. The molecule has 2 aromatic rings. The van der Waals surface area contributed by atoms with Gasteiger partial charge < -0.3 is 10.0 Å². The number of carbonyl (C=O) groups excluding carboxylic acids is 1. The number of rotatable bonds is 2. The predicted octanol–water partition coefficient (Wildman–Crippen LogP) is 1.31. The number of thiazole rings is 1. The minimum Gasteiger partial charge on any atom is -0.388 e. The maximum absolute atomic E-state index is 12.2. The van der Waals surface area contributed by atoms with Gasteiger partial charge in [-0.3, -0.25) is 9.20 Å². The van der Waals surface area contributed by atoms with Gasteiger partial charge in [-0.05, 0) is 19.8 Å². The van der Waals surface area contributed by atoms with Crippen LogP contribution in [0.15, 0.2) is 17.8 Å². The molecule has 1 unspecified atom stereocenters. The largest absolute Gasteiger partial charge is 0.388 e. The van der Waals surface area contributed by atoms with Crippen LogP contribution >= 0.6 is 11.3 Å². The minimum absolute atomic E-state index is 0.0470. The molecule has 3 heterocycles. The van der Waals surface area contributed by atoms with Gasteiger partial charge >= 0.3 is 0 Å². The third-order valence-electron chi connectivity index (χ3n) is 3.50. The Labute approximate surface area is 115 Å². The molecule has 3 rings (SSSR count). The summed E-state index contributed by atoms with van der Waals surface area (Å²) in [5.74, 6) is 0.0470. The highest BCUT2D eigenvalue weighted by Gasteiger charge is 2.30. The molecule has 1 N–H and O–H groups in total. The zero-order valence-electron chi connectivity index (χ0n) is 10.9. The summed E-state index contributed by atoms with van der Waals surface area (Å²) in [6.07, 6.45) is 5.76. The first kappa shape index (κ1) is 12.6. The number of aromatic nitrogens is 2. The zero-order chi connectivity index (χ0) is 13.5. The lowest BCUT2D eigenvalue weighted by Crippen LogP contribution is -2.49. The van der Waals surface area contributed by atoms with Crippen LogP contribution in [0.3, 0.4) is 0 Å². The number of β-amino-alcohol motifs (C(OH)–C–C–N with tert-alkyl or cyclic N) is 1. The lowest BCUT2D eigenvalue weighted by molar-refractivity contribution is -0.136. The smallest absolute Gasteiger partial charge is 0.228 e. The van der Waals surface area contributed by atoms with E-state index in [1.807, 2.05) is 22.2 Å². The van der Waals surface area contributed by atoms with Crippen LogP contribution in [0, 0.1) is 0 Å². The summed E-state index contributed by atoms with van der Waals surface area (Å²) >= 11 is 1.56. The average Bonchev–Trinajstić information content (AvgIpc) is 2.88. The third-order valence-corrected chi connectivity index (χ3v) is 4.27. The highest BCUT2D eigenvalue weighted by molar-refractivity contribution is 7.15. The second kappa shape index (κ2) is 4.61. The number of aliphatic hydroxyl groups is 1. The van der Waals surface area contributed by atoms with Crippen LogP contribution in [0.4, 0.5) is 0 Å². The van der Waals surface area contributed by atoms with Crippen LogP contribution in [-0.4, -0.2) is 44.0 Å². The van der Waals surface area contributed by atoms with Crippen molar-refractivity contribution in [3.05, 3.63) is 23.5 Å². The minimum atomic E-state index is -0.748. The van der Waals surface area contributed by atoms with E-state index in [1.165, 1.54) is 0 Å². The molecule has 1 saturated heterocycles. The molecule has 1 amide bonds. The van der Waals surface area contributed by atoms with E-state index < -0.39 is 5.60 Å². The first-order valence-corrected chi connectivity index (χ1v) is 7.33. The van der Waals surface area contributed by atoms with Gasteiger partial charge in [-0.25, -0.2) is 4.98 Å². The second-order valence-corrected chi connectivity index (χ2v) is 6.29. The molecule has 19 heavy (non-hydrogen) atoms. The number of hydrogen-bond donors (Lipinski definition) is 1.